The summed E-state index contributed by atoms with van der Waals surface area (Å²) in [5.74, 6) is -1.65. The highest BCUT2D eigenvalue weighted by Gasteiger charge is 2.38. The summed E-state index contributed by atoms with van der Waals surface area (Å²) in [5, 5.41) is 10.7. The van der Waals surface area contributed by atoms with Gasteiger partial charge in [-0.05, 0) is 23.8 Å². The summed E-state index contributed by atoms with van der Waals surface area (Å²) in [5.41, 5.74) is 3.41. The molecular formula is C14H11ClFNO2. The van der Waals surface area contributed by atoms with Crippen molar-refractivity contribution >= 4 is 17.5 Å². The van der Waals surface area contributed by atoms with E-state index in [1.54, 1.807) is 18.2 Å². The SMILES string of the molecule is NC(=O)C(O)(c1ccccc1)c1cc(F)cc(Cl)c1. The molecule has 0 aliphatic carbocycles. The van der Waals surface area contributed by atoms with Crippen molar-refractivity contribution in [3.8, 4) is 0 Å². The average Bonchev–Trinajstić information content (AvgIpc) is 2.37. The van der Waals surface area contributed by atoms with Crippen molar-refractivity contribution in [1.29, 1.82) is 0 Å². The molecule has 0 aliphatic rings. The molecule has 0 bridgehead atoms. The first kappa shape index (κ1) is 13.5. The zero-order chi connectivity index (χ0) is 14.0. The molecule has 0 fully saturated rings. The van der Waals surface area contributed by atoms with E-state index in [1.807, 2.05) is 0 Å². The van der Waals surface area contributed by atoms with Crippen molar-refractivity contribution in [2.24, 2.45) is 5.73 Å². The lowest BCUT2D eigenvalue weighted by Gasteiger charge is -2.25. The van der Waals surface area contributed by atoms with Gasteiger partial charge in [0, 0.05) is 10.6 Å². The van der Waals surface area contributed by atoms with Crippen LogP contribution in [0, 0.1) is 5.82 Å². The van der Waals surface area contributed by atoms with Crippen molar-refractivity contribution < 1.29 is 14.3 Å². The van der Waals surface area contributed by atoms with E-state index < -0.39 is 17.3 Å². The summed E-state index contributed by atoms with van der Waals surface area (Å²) in [6.07, 6.45) is 0. The fraction of sp³-hybridized carbons (Fsp3) is 0.0714. The molecule has 2 aromatic carbocycles. The second kappa shape index (κ2) is 4.99. The van der Waals surface area contributed by atoms with E-state index in [2.05, 4.69) is 0 Å². The van der Waals surface area contributed by atoms with Gasteiger partial charge >= 0.3 is 0 Å². The predicted octanol–water partition coefficient (Wildman–Crippen LogP) is 2.20. The summed E-state index contributed by atoms with van der Waals surface area (Å²) in [7, 11) is 0. The second-order valence-corrected chi connectivity index (χ2v) is 4.54. The third-order valence-corrected chi connectivity index (χ3v) is 3.05. The van der Waals surface area contributed by atoms with E-state index in [1.165, 1.54) is 18.2 Å². The molecule has 0 radical (unpaired) electrons. The third-order valence-electron chi connectivity index (χ3n) is 2.83. The average molecular weight is 280 g/mol. The van der Waals surface area contributed by atoms with Crippen LogP contribution in [-0.2, 0) is 10.4 Å². The molecule has 3 nitrogen and oxygen atoms in total. The number of hydrogen-bond donors (Lipinski definition) is 2. The lowest BCUT2D eigenvalue weighted by atomic mass is 9.85. The molecule has 1 atom stereocenters. The van der Waals surface area contributed by atoms with Crippen LogP contribution in [0.4, 0.5) is 4.39 Å². The maximum atomic E-state index is 13.4. The zero-order valence-corrected chi connectivity index (χ0v) is 10.6. The van der Waals surface area contributed by atoms with Crippen LogP contribution in [0.1, 0.15) is 11.1 Å². The Hall–Kier alpha value is -1.91. The lowest BCUT2D eigenvalue weighted by Crippen LogP contribution is -2.42. The zero-order valence-electron chi connectivity index (χ0n) is 9.81. The number of halogens is 2. The van der Waals surface area contributed by atoms with Gasteiger partial charge in [0.15, 0.2) is 5.60 Å². The lowest BCUT2D eigenvalue weighted by molar-refractivity contribution is -0.133. The Balaban J connectivity index is 2.67. The van der Waals surface area contributed by atoms with E-state index in [4.69, 9.17) is 17.3 Å². The molecule has 1 unspecified atom stereocenters. The molecular weight excluding hydrogens is 269 g/mol. The van der Waals surface area contributed by atoms with E-state index in [0.717, 1.165) is 12.1 Å². The minimum Gasteiger partial charge on any atom is -0.372 e. The number of primary amides is 1. The Labute approximate surface area is 114 Å². The third kappa shape index (κ3) is 2.45. The Bertz CT molecular complexity index is 598. The minimum atomic E-state index is -2.12. The van der Waals surface area contributed by atoms with Gasteiger partial charge in [0.2, 0.25) is 0 Å². The molecule has 0 saturated carbocycles. The topological polar surface area (TPSA) is 63.3 Å². The molecule has 2 rings (SSSR count). The van der Waals surface area contributed by atoms with E-state index in [-0.39, 0.29) is 16.1 Å². The highest BCUT2D eigenvalue weighted by atomic mass is 35.5. The summed E-state index contributed by atoms with van der Waals surface area (Å²) in [6.45, 7) is 0. The standard InChI is InChI=1S/C14H11ClFNO2/c15-11-6-10(7-12(16)8-11)14(19,13(17)18)9-4-2-1-3-5-9/h1-8,19H,(H2,17,18). The van der Waals surface area contributed by atoms with Crippen molar-refractivity contribution in [2.75, 3.05) is 0 Å². The van der Waals surface area contributed by atoms with Crippen LogP contribution in [0.3, 0.4) is 0 Å². The Morgan fingerprint density at radius 2 is 1.79 bits per heavy atom. The van der Waals surface area contributed by atoms with E-state index in [9.17, 15) is 14.3 Å². The Morgan fingerprint density at radius 3 is 2.32 bits per heavy atom. The first-order valence-electron chi connectivity index (χ1n) is 5.49. The fourth-order valence-corrected chi connectivity index (χ4v) is 2.12. The number of carbonyl (C=O) groups excluding carboxylic acids is 1. The highest BCUT2D eigenvalue weighted by molar-refractivity contribution is 6.30. The summed E-state index contributed by atoms with van der Waals surface area (Å²) in [4.78, 5) is 11.7. The predicted molar refractivity (Wildman–Crippen MR) is 70.0 cm³/mol. The molecule has 3 N–H and O–H groups in total. The molecule has 98 valence electrons. The number of hydrogen-bond acceptors (Lipinski definition) is 2. The number of rotatable bonds is 3. The van der Waals surface area contributed by atoms with Gasteiger partial charge in [0.1, 0.15) is 5.82 Å². The van der Waals surface area contributed by atoms with Gasteiger partial charge in [-0.1, -0.05) is 41.9 Å². The van der Waals surface area contributed by atoms with Gasteiger partial charge in [0.25, 0.3) is 5.91 Å². The maximum Gasteiger partial charge on any atom is 0.258 e. The van der Waals surface area contributed by atoms with Crippen molar-refractivity contribution in [3.63, 3.8) is 0 Å². The minimum absolute atomic E-state index is 0.00352. The van der Waals surface area contributed by atoms with Crippen LogP contribution >= 0.6 is 11.6 Å². The van der Waals surface area contributed by atoms with Crippen LogP contribution in [0.5, 0.6) is 0 Å². The van der Waals surface area contributed by atoms with Gasteiger partial charge in [0.05, 0.1) is 0 Å². The van der Waals surface area contributed by atoms with Gasteiger partial charge in [-0.25, -0.2) is 4.39 Å². The van der Waals surface area contributed by atoms with E-state index in [0.29, 0.717) is 0 Å². The van der Waals surface area contributed by atoms with Crippen LogP contribution in [0.25, 0.3) is 0 Å². The molecule has 19 heavy (non-hydrogen) atoms. The van der Waals surface area contributed by atoms with Crippen LogP contribution in [0.15, 0.2) is 48.5 Å². The molecule has 0 saturated heterocycles. The van der Waals surface area contributed by atoms with Crippen LogP contribution in [0.2, 0.25) is 5.02 Å². The van der Waals surface area contributed by atoms with Crippen molar-refractivity contribution in [2.45, 2.75) is 5.60 Å². The monoisotopic (exact) mass is 279 g/mol. The molecule has 0 aliphatic heterocycles. The first-order chi connectivity index (χ1) is 8.94. The molecule has 2 aromatic rings. The van der Waals surface area contributed by atoms with Gasteiger partial charge in [-0.15, -0.1) is 0 Å². The molecule has 1 amide bonds. The van der Waals surface area contributed by atoms with Crippen LogP contribution < -0.4 is 5.73 Å². The summed E-state index contributed by atoms with van der Waals surface area (Å²) in [6, 6.07) is 11.5. The molecule has 0 aromatic heterocycles. The number of nitrogens with two attached hydrogens (primary N) is 1. The first-order valence-corrected chi connectivity index (χ1v) is 5.87. The summed E-state index contributed by atoms with van der Waals surface area (Å²) < 4.78 is 13.4. The Kier molecular flexibility index (Phi) is 3.55. The van der Waals surface area contributed by atoms with Gasteiger partial charge in [-0.3, -0.25) is 4.79 Å². The molecule has 5 heteroatoms. The smallest absolute Gasteiger partial charge is 0.258 e. The van der Waals surface area contributed by atoms with Crippen LogP contribution in [-0.4, -0.2) is 11.0 Å². The van der Waals surface area contributed by atoms with Gasteiger partial charge < -0.3 is 10.8 Å². The largest absolute Gasteiger partial charge is 0.372 e. The summed E-state index contributed by atoms with van der Waals surface area (Å²) >= 11 is 5.75. The van der Waals surface area contributed by atoms with Crippen molar-refractivity contribution in [1.82, 2.24) is 0 Å². The molecule has 0 heterocycles. The number of benzene rings is 2. The number of carbonyl (C=O) groups is 1. The van der Waals surface area contributed by atoms with E-state index >= 15 is 0 Å². The fourth-order valence-electron chi connectivity index (χ4n) is 1.89. The van der Waals surface area contributed by atoms with Crippen molar-refractivity contribution in [3.05, 3.63) is 70.5 Å². The second-order valence-electron chi connectivity index (χ2n) is 4.10. The number of amides is 1. The Morgan fingerprint density at radius 1 is 1.16 bits per heavy atom. The highest BCUT2D eigenvalue weighted by Crippen LogP contribution is 2.31. The number of aliphatic hydroxyl groups is 1. The normalized spacial score (nSPS) is 13.8. The van der Waals surface area contributed by atoms with Gasteiger partial charge in [-0.2, -0.15) is 0 Å². The quantitative estimate of drug-likeness (QED) is 0.905. The molecule has 0 spiro atoms. The maximum absolute atomic E-state index is 13.4.